The highest BCUT2D eigenvalue weighted by Gasteiger charge is 2.32. The van der Waals surface area contributed by atoms with E-state index < -0.39 is 0 Å². The number of benzene rings is 8. The van der Waals surface area contributed by atoms with Crippen molar-refractivity contribution in [2.45, 2.75) is 0 Å². The molecule has 0 bridgehead atoms. The smallest absolute Gasteiger partial charge is 0.0723 e. The fourth-order valence-corrected chi connectivity index (χ4v) is 8.74. The summed E-state index contributed by atoms with van der Waals surface area (Å²) in [7, 11) is 0. The van der Waals surface area contributed by atoms with E-state index in [1.807, 2.05) is 18.5 Å². The van der Waals surface area contributed by atoms with Crippen LogP contribution in [0.4, 0.5) is 17.1 Å². The van der Waals surface area contributed by atoms with Crippen LogP contribution in [0, 0.1) is 0 Å². The van der Waals surface area contributed by atoms with Gasteiger partial charge in [0.05, 0.1) is 28.1 Å². The van der Waals surface area contributed by atoms with Crippen LogP contribution < -0.4 is 4.90 Å². The van der Waals surface area contributed by atoms with Gasteiger partial charge in [-0.2, -0.15) is 0 Å². The molecule has 0 spiro atoms. The minimum absolute atomic E-state index is 0.957. The van der Waals surface area contributed by atoms with Crippen LogP contribution in [0.1, 0.15) is 0 Å². The third-order valence-corrected chi connectivity index (χ3v) is 10.9. The first-order chi connectivity index (χ1) is 26.3. The number of fused-ring (bicyclic) bond motifs is 6. The van der Waals surface area contributed by atoms with Gasteiger partial charge in [-0.15, -0.1) is 0 Å². The predicted octanol–water partition coefficient (Wildman–Crippen LogP) is 13.5. The maximum Gasteiger partial charge on any atom is 0.0723 e. The lowest BCUT2D eigenvalue weighted by Gasteiger charge is -2.29. The van der Waals surface area contributed by atoms with Gasteiger partial charge < -0.3 is 4.90 Å². The molecule has 2 aromatic heterocycles. The van der Waals surface area contributed by atoms with E-state index in [0.717, 1.165) is 38.9 Å². The van der Waals surface area contributed by atoms with Crippen molar-refractivity contribution in [1.82, 2.24) is 9.97 Å². The van der Waals surface area contributed by atoms with Crippen molar-refractivity contribution in [1.29, 1.82) is 0 Å². The molecule has 0 aliphatic heterocycles. The SMILES string of the molecule is c1ccc(-c2c3c(c(-c4ccccc4)c4ccccc24)-c2ccc(N(c4cccc5ncccc45)c4ccnc5ccccc45)c4cccc-3c24)cc1. The molecule has 11 rings (SSSR count). The summed E-state index contributed by atoms with van der Waals surface area (Å²) >= 11 is 0. The molecule has 246 valence electrons. The van der Waals surface area contributed by atoms with E-state index in [0.29, 0.717) is 0 Å². The van der Waals surface area contributed by atoms with E-state index in [1.54, 1.807) is 0 Å². The second kappa shape index (κ2) is 11.7. The van der Waals surface area contributed by atoms with Gasteiger partial charge in [-0.05, 0) is 103 Å². The molecule has 0 unspecified atom stereocenters. The normalized spacial score (nSPS) is 11.8. The third kappa shape index (κ3) is 4.41. The Bertz CT molecular complexity index is 2880. The molecule has 53 heavy (non-hydrogen) atoms. The summed E-state index contributed by atoms with van der Waals surface area (Å²) in [5, 5.41) is 7.16. The van der Waals surface area contributed by atoms with Crippen LogP contribution in [-0.2, 0) is 0 Å². The largest absolute Gasteiger partial charge is 0.308 e. The van der Waals surface area contributed by atoms with Crippen molar-refractivity contribution in [2.24, 2.45) is 0 Å². The number of aromatic nitrogens is 2. The maximum absolute atomic E-state index is 4.77. The van der Waals surface area contributed by atoms with Crippen LogP contribution in [-0.4, -0.2) is 9.97 Å². The van der Waals surface area contributed by atoms with Crippen molar-refractivity contribution in [2.75, 3.05) is 4.90 Å². The second-order valence-corrected chi connectivity index (χ2v) is 13.7. The third-order valence-electron chi connectivity index (χ3n) is 10.9. The molecule has 0 atom stereocenters. The van der Waals surface area contributed by atoms with E-state index in [9.17, 15) is 0 Å². The first-order valence-corrected chi connectivity index (χ1v) is 18.1. The molecule has 1 aliphatic rings. The van der Waals surface area contributed by atoms with Gasteiger partial charge in [0.15, 0.2) is 0 Å². The molecule has 0 amide bonds. The Morgan fingerprint density at radius 2 is 0.792 bits per heavy atom. The number of hydrogen-bond donors (Lipinski definition) is 0. The molecule has 0 saturated carbocycles. The summed E-state index contributed by atoms with van der Waals surface area (Å²) < 4.78 is 0. The van der Waals surface area contributed by atoms with E-state index in [1.165, 1.54) is 66.1 Å². The predicted molar refractivity (Wildman–Crippen MR) is 222 cm³/mol. The summed E-state index contributed by atoms with van der Waals surface area (Å²) in [6, 6.07) is 63.5. The molecular formula is C50H31N3. The Balaban J connectivity index is 1.28. The van der Waals surface area contributed by atoms with Crippen LogP contribution in [0.15, 0.2) is 188 Å². The summed E-state index contributed by atoms with van der Waals surface area (Å²) in [4.78, 5) is 12.0. The molecule has 2 heterocycles. The summed E-state index contributed by atoms with van der Waals surface area (Å²) in [6.45, 7) is 0. The lowest BCUT2D eigenvalue weighted by molar-refractivity contribution is 1.30. The first-order valence-electron chi connectivity index (χ1n) is 18.1. The van der Waals surface area contributed by atoms with Crippen LogP contribution in [0.2, 0.25) is 0 Å². The minimum Gasteiger partial charge on any atom is -0.308 e. The van der Waals surface area contributed by atoms with Gasteiger partial charge in [-0.1, -0.05) is 133 Å². The molecule has 10 aromatic rings. The Labute approximate surface area is 307 Å². The minimum atomic E-state index is 0.957. The van der Waals surface area contributed by atoms with Crippen LogP contribution in [0.3, 0.4) is 0 Å². The Morgan fingerprint density at radius 1 is 0.302 bits per heavy atom. The van der Waals surface area contributed by atoms with Crippen LogP contribution in [0.5, 0.6) is 0 Å². The Kier molecular flexibility index (Phi) is 6.55. The molecular weight excluding hydrogens is 643 g/mol. The van der Waals surface area contributed by atoms with Crippen molar-refractivity contribution < 1.29 is 0 Å². The van der Waals surface area contributed by atoms with Crippen molar-refractivity contribution in [3.05, 3.63) is 188 Å². The van der Waals surface area contributed by atoms with E-state index >= 15 is 0 Å². The monoisotopic (exact) mass is 673 g/mol. The molecule has 8 aromatic carbocycles. The van der Waals surface area contributed by atoms with Crippen molar-refractivity contribution in [3.8, 4) is 44.5 Å². The van der Waals surface area contributed by atoms with Gasteiger partial charge in [0.1, 0.15) is 0 Å². The number of anilines is 3. The molecule has 0 N–H and O–H groups in total. The highest BCUT2D eigenvalue weighted by atomic mass is 15.1. The van der Waals surface area contributed by atoms with Gasteiger partial charge in [-0.3, -0.25) is 9.97 Å². The van der Waals surface area contributed by atoms with Gasteiger partial charge in [0.2, 0.25) is 0 Å². The first kappa shape index (κ1) is 29.6. The van der Waals surface area contributed by atoms with Gasteiger partial charge >= 0.3 is 0 Å². The molecule has 0 saturated heterocycles. The van der Waals surface area contributed by atoms with Gasteiger partial charge in [-0.25, -0.2) is 0 Å². The topological polar surface area (TPSA) is 29.0 Å². The van der Waals surface area contributed by atoms with Crippen molar-refractivity contribution in [3.63, 3.8) is 0 Å². The quantitative estimate of drug-likeness (QED) is 0.182. The molecule has 1 aliphatic carbocycles. The second-order valence-electron chi connectivity index (χ2n) is 13.7. The van der Waals surface area contributed by atoms with Crippen LogP contribution in [0.25, 0.3) is 87.9 Å². The number of rotatable bonds is 5. The zero-order valence-corrected chi connectivity index (χ0v) is 28.7. The number of pyridine rings is 2. The zero-order valence-electron chi connectivity index (χ0n) is 28.7. The zero-order chi connectivity index (χ0) is 34.9. The lowest BCUT2D eigenvalue weighted by atomic mass is 9.82. The standard InChI is InChI=1S/C50H31N3/c1-3-14-32(15-4-1)46-34-18-7-8-19-35(34)47(33-16-5-2-6-17-33)50-40-27-28-44(38-21-11-22-39(48(38)40)49(46)50)53(43-26-12-25-42-37(43)23-13-30-51-42)45-29-31-52-41-24-10-9-20-36(41)45/h1-31H. The summed E-state index contributed by atoms with van der Waals surface area (Å²) in [5.41, 5.74) is 15.3. The molecule has 0 fully saturated rings. The molecule has 3 heteroatoms. The van der Waals surface area contributed by atoms with Gasteiger partial charge in [0.25, 0.3) is 0 Å². The van der Waals surface area contributed by atoms with E-state index in [-0.39, 0.29) is 0 Å². The van der Waals surface area contributed by atoms with E-state index in [2.05, 4.69) is 175 Å². The number of para-hydroxylation sites is 1. The Hall–Kier alpha value is -7.10. The number of hydrogen-bond acceptors (Lipinski definition) is 3. The lowest BCUT2D eigenvalue weighted by Crippen LogP contribution is -2.12. The average molecular weight is 674 g/mol. The fourth-order valence-electron chi connectivity index (χ4n) is 8.74. The maximum atomic E-state index is 4.77. The highest BCUT2D eigenvalue weighted by molar-refractivity contribution is 6.29. The van der Waals surface area contributed by atoms with Crippen LogP contribution >= 0.6 is 0 Å². The van der Waals surface area contributed by atoms with E-state index in [4.69, 9.17) is 9.97 Å². The number of nitrogens with zero attached hydrogens (tertiary/aromatic N) is 3. The Morgan fingerprint density at radius 3 is 1.49 bits per heavy atom. The molecule has 0 radical (unpaired) electrons. The molecule has 3 nitrogen and oxygen atoms in total. The average Bonchev–Trinajstić information content (AvgIpc) is 3.56. The summed E-state index contributed by atoms with van der Waals surface area (Å²) in [5.74, 6) is 0. The highest BCUT2D eigenvalue weighted by Crippen LogP contribution is 2.59. The summed E-state index contributed by atoms with van der Waals surface area (Å²) in [6.07, 6.45) is 3.79. The van der Waals surface area contributed by atoms with Crippen molar-refractivity contribution >= 4 is 60.4 Å². The van der Waals surface area contributed by atoms with Gasteiger partial charge in [0, 0.05) is 28.6 Å². The fraction of sp³-hybridized carbons (Fsp3) is 0.